The standard InChI is InChI=1S/C17H14Cl3NO4/c1-9(25-17(24)11-4-2-10(8-22)3-5-11)16(23)21-15-13(19)6-12(18)7-14(15)20/h2-7,9,22H,8H2,1H3,(H,21,23)/t9-/m1/s1. The van der Waals surface area contributed by atoms with Crippen LogP contribution in [0.1, 0.15) is 22.8 Å². The number of amides is 1. The number of hydrogen-bond acceptors (Lipinski definition) is 4. The molecule has 0 bridgehead atoms. The van der Waals surface area contributed by atoms with Gasteiger partial charge in [0.2, 0.25) is 0 Å². The number of hydrogen-bond donors (Lipinski definition) is 2. The number of esters is 1. The number of ether oxygens (including phenoxy) is 1. The van der Waals surface area contributed by atoms with E-state index in [9.17, 15) is 9.59 Å². The molecule has 1 atom stereocenters. The number of aliphatic hydroxyl groups is 1. The lowest BCUT2D eigenvalue weighted by atomic mass is 10.1. The van der Waals surface area contributed by atoms with E-state index >= 15 is 0 Å². The van der Waals surface area contributed by atoms with Crippen LogP contribution in [0.4, 0.5) is 5.69 Å². The highest BCUT2D eigenvalue weighted by atomic mass is 35.5. The van der Waals surface area contributed by atoms with Crippen molar-refractivity contribution in [2.24, 2.45) is 0 Å². The molecule has 0 aliphatic rings. The summed E-state index contributed by atoms with van der Waals surface area (Å²) in [7, 11) is 0. The van der Waals surface area contributed by atoms with Crippen LogP contribution in [-0.2, 0) is 16.1 Å². The minimum atomic E-state index is -1.08. The van der Waals surface area contributed by atoms with Crippen molar-refractivity contribution in [3.05, 3.63) is 62.6 Å². The Labute approximate surface area is 159 Å². The highest BCUT2D eigenvalue weighted by molar-refractivity contribution is 6.42. The summed E-state index contributed by atoms with van der Waals surface area (Å²) in [5.41, 5.74) is 1.11. The summed E-state index contributed by atoms with van der Waals surface area (Å²) < 4.78 is 5.12. The van der Waals surface area contributed by atoms with Gasteiger partial charge in [-0.3, -0.25) is 4.79 Å². The molecule has 2 rings (SSSR count). The van der Waals surface area contributed by atoms with Gasteiger partial charge in [-0.1, -0.05) is 46.9 Å². The molecular weight excluding hydrogens is 389 g/mol. The molecule has 2 aromatic rings. The molecule has 0 heterocycles. The van der Waals surface area contributed by atoms with E-state index in [1.54, 1.807) is 12.1 Å². The van der Waals surface area contributed by atoms with Crippen LogP contribution < -0.4 is 5.32 Å². The molecule has 25 heavy (non-hydrogen) atoms. The lowest BCUT2D eigenvalue weighted by Gasteiger charge is -2.15. The highest BCUT2D eigenvalue weighted by Gasteiger charge is 2.21. The number of nitrogens with one attached hydrogen (secondary N) is 1. The van der Waals surface area contributed by atoms with Gasteiger partial charge in [-0.2, -0.15) is 0 Å². The van der Waals surface area contributed by atoms with Crippen molar-refractivity contribution in [2.75, 3.05) is 5.32 Å². The minimum absolute atomic E-state index is 0.128. The van der Waals surface area contributed by atoms with E-state index in [4.69, 9.17) is 44.6 Å². The third-order valence-corrected chi connectivity index (χ3v) is 4.09. The molecule has 0 saturated carbocycles. The molecule has 0 radical (unpaired) electrons. The lowest BCUT2D eigenvalue weighted by molar-refractivity contribution is -0.123. The fraction of sp³-hybridized carbons (Fsp3) is 0.176. The maximum absolute atomic E-state index is 12.2. The third-order valence-electron chi connectivity index (χ3n) is 3.28. The quantitative estimate of drug-likeness (QED) is 0.730. The van der Waals surface area contributed by atoms with Gasteiger partial charge in [-0.15, -0.1) is 0 Å². The first-order chi connectivity index (χ1) is 11.8. The summed E-state index contributed by atoms with van der Waals surface area (Å²) in [4.78, 5) is 24.3. The Hall–Kier alpha value is -1.79. The van der Waals surface area contributed by atoms with Crippen LogP contribution in [0.3, 0.4) is 0 Å². The summed E-state index contributed by atoms with van der Waals surface area (Å²) in [6.45, 7) is 1.30. The zero-order valence-electron chi connectivity index (χ0n) is 13.1. The van der Waals surface area contributed by atoms with E-state index in [1.807, 2.05) is 0 Å². The van der Waals surface area contributed by atoms with Crippen molar-refractivity contribution < 1.29 is 19.4 Å². The third kappa shape index (κ3) is 5.09. The maximum Gasteiger partial charge on any atom is 0.338 e. The Bertz CT molecular complexity index is 770. The van der Waals surface area contributed by atoms with Gasteiger partial charge in [0.15, 0.2) is 6.10 Å². The molecule has 0 aromatic heterocycles. The fourth-order valence-electron chi connectivity index (χ4n) is 1.91. The predicted octanol–water partition coefficient (Wildman–Crippen LogP) is 4.32. The van der Waals surface area contributed by atoms with Gasteiger partial charge in [0.05, 0.1) is 27.9 Å². The normalized spacial score (nSPS) is 11.7. The first kappa shape index (κ1) is 19.5. The Kier molecular flexibility index (Phi) is 6.67. The molecule has 2 aromatic carbocycles. The van der Waals surface area contributed by atoms with E-state index < -0.39 is 18.0 Å². The fourth-order valence-corrected chi connectivity index (χ4v) is 2.83. The van der Waals surface area contributed by atoms with Crippen molar-refractivity contribution in [3.8, 4) is 0 Å². The second kappa shape index (κ2) is 8.54. The topological polar surface area (TPSA) is 75.6 Å². The smallest absolute Gasteiger partial charge is 0.338 e. The number of rotatable bonds is 5. The summed E-state index contributed by atoms with van der Waals surface area (Å²) >= 11 is 17.8. The second-order valence-electron chi connectivity index (χ2n) is 5.14. The van der Waals surface area contributed by atoms with Gasteiger partial charge >= 0.3 is 5.97 Å². The molecule has 132 valence electrons. The number of anilines is 1. The van der Waals surface area contributed by atoms with Crippen LogP contribution >= 0.6 is 34.8 Å². The molecule has 5 nitrogen and oxygen atoms in total. The molecule has 0 fully saturated rings. The SMILES string of the molecule is C[C@@H](OC(=O)c1ccc(CO)cc1)C(=O)Nc1c(Cl)cc(Cl)cc1Cl. The van der Waals surface area contributed by atoms with E-state index in [1.165, 1.54) is 31.2 Å². The molecule has 0 spiro atoms. The van der Waals surface area contributed by atoms with Gasteiger partial charge in [0.1, 0.15) is 0 Å². The summed E-state index contributed by atoms with van der Waals surface area (Å²) in [5.74, 6) is -1.26. The van der Waals surface area contributed by atoms with Crippen molar-refractivity contribution in [1.29, 1.82) is 0 Å². The molecule has 1 amide bonds. The van der Waals surface area contributed by atoms with Crippen molar-refractivity contribution in [1.82, 2.24) is 0 Å². The number of aliphatic hydroxyl groups excluding tert-OH is 1. The van der Waals surface area contributed by atoms with Crippen molar-refractivity contribution >= 4 is 52.4 Å². The first-order valence-electron chi connectivity index (χ1n) is 7.18. The van der Waals surface area contributed by atoms with Gasteiger partial charge in [0, 0.05) is 5.02 Å². The molecule has 2 N–H and O–H groups in total. The zero-order chi connectivity index (χ0) is 18.6. The minimum Gasteiger partial charge on any atom is -0.449 e. The molecule has 8 heteroatoms. The van der Waals surface area contributed by atoms with Crippen LogP contribution in [0, 0.1) is 0 Å². The monoisotopic (exact) mass is 401 g/mol. The van der Waals surface area contributed by atoms with Crippen LogP contribution in [0.15, 0.2) is 36.4 Å². The van der Waals surface area contributed by atoms with Crippen molar-refractivity contribution in [3.63, 3.8) is 0 Å². The largest absolute Gasteiger partial charge is 0.449 e. The van der Waals surface area contributed by atoms with Gasteiger partial charge < -0.3 is 15.2 Å². The number of halogens is 3. The van der Waals surface area contributed by atoms with Gasteiger partial charge in [-0.25, -0.2) is 4.79 Å². The Morgan fingerprint density at radius 1 is 1.12 bits per heavy atom. The number of carbonyl (C=O) groups excluding carboxylic acids is 2. The first-order valence-corrected chi connectivity index (χ1v) is 8.31. The molecule has 0 saturated heterocycles. The van der Waals surface area contributed by atoms with Crippen LogP contribution in [-0.4, -0.2) is 23.1 Å². The average molecular weight is 403 g/mol. The molecule has 0 aliphatic carbocycles. The Morgan fingerprint density at radius 3 is 2.20 bits per heavy atom. The van der Waals surface area contributed by atoms with Crippen LogP contribution in [0.2, 0.25) is 15.1 Å². The summed E-state index contributed by atoms with van der Waals surface area (Å²) in [6.07, 6.45) is -1.08. The molecular formula is C17H14Cl3NO4. The van der Waals surface area contributed by atoms with Crippen molar-refractivity contribution in [2.45, 2.75) is 19.6 Å². The lowest BCUT2D eigenvalue weighted by Crippen LogP contribution is -2.30. The van der Waals surface area contributed by atoms with E-state index in [2.05, 4.69) is 5.32 Å². The zero-order valence-corrected chi connectivity index (χ0v) is 15.3. The Balaban J connectivity index is 2.03. The Morgan fingerprint density at radius 2 is 1.68 bits per heavy atom. The molecule has 0 aliphatic heterocycles. The predicted molar refractivity (Wildman–Crippen MR) is 97.3 cm³/mol. The van der Waals surface area contributed by atoms with Gasteiger partial charge in [0.25, 0.3) is 5.91 Å². The van der Waals surface area contributed by atoms with Crippen LogP contribution in [0.25, 0.3) is 0 Å². The summed E-state index contributed by atoms with van der Waals surface area (Å²) in [6, 6.07) is 9.06. The molecule has 0 unspecified atom stereocenters. The average Bonchev–Trinajstić information content (AvgIpc) is 2.57. The van der Waals surface area contributed by atoms with Gasteiger partial charge in [-0.05, 0) is 36.8 Å². The second-order valence-corrected chi connectivity index (χ2v) is 6.39. The number of carbonyl (C=O) groups is 2. The van der Waals surface area contributed by atoms with E-state index in [-0.39, 0.29) is 27.9 Å². The maximum atomic E-state index is 12.2. The number of benzene rings is 2. The van der Waals surface area contributed by atoms with E-state index in [0.29, 0.717) is 10.6 Å². The van der Waals surface area contributed by atoms with Crippen LogP contribution in [0.5, 0.6) is 0 Å². The highest BCUT2D eigenvalue weighted by Crippen LogP contribution is 2.33. The van der Waals surface area contributed by atoms with E-state index in [0.717, 1.165) is 0 Å². The summed E-state index contributed by atoms with van der Waals surface area (Å²) in [5, 5.41) is 12.2.